The van der Waals surface area contributed by atoms with Crippen molar-refractivity contribution in [2.24, 2.45) is 0 Å². The zero-order valence-electron chi connectivity index (χ0n) is 17.5. The quantitative estimate of drug-likeness (QED) is 0.402. The summed E-state index contributed by atoms with van der Waals surface area (Å²) in [6, 6.07) is 24.1. The molecule has 2 N–H and O–H groups in total. The first-order valence-corrected chi connectivity index (χ1v) is 11.3. The molecule has 1 atom stereocenters. The van der Waals surface area contributed by atoms with Gasteiger partial charge in [-0.15, -0.1) is 0 Å². The van der Waals surface area contributed by atoms with Gasteiger partial charge in [-0.2, -0.15) is 5.26 Å². The fraction of sp³-hybridized carbons (Fsp3) is 0.0769. The molecule has 1 aromatic heterocycles. The summed E-state index contributed by atoms with van der Waals surface area (Å²) < 4.78 is 16.1. The van der Waals surface area contributed by atoms with E-state index in [1.165, 1.54) is 17.8 Å². The van der Waals surface area contributed by atoms with Crippen molar-refractivity contribution < 1.29 is 9.18 Å². The molecule has 1 unspecified atom stereocenters. The lowest BCUT2D eigenvalue weighted by atomic mass is 10.1. The predicted molar refractivity (Wildman–Crippen MR) is 130 cm³/mol. The van der Waals surface area contributed by atoms with Crippen LogP contribution in [0.5, 0.6) is 0 Å². The van der Waals surface area contributed by atoms with E-state index < -0.39 is 5.50 Å². The van der Waals surface area contributed by atoms with Gasteiger partial charge in [-0.05, 0) is 35.9 Å². The molecule has 1 fully saturated rings. The smallest absolute Gasteiger partial charge is 0.260 e. The number of amides is 1. The van der Waals surface area contributed by atoms with E-state index in [1.54, 1.807) is 18.2 Å². The molecule has 1 amide bonds. The van der Waals surface area contributed by atoms with E-state index in [0.717, 1.165) is 22.0 Å². The van der Waals surface area contributed by atoms with Crippen LogP contribution in [-0.2, 0) is 11.3 Å². The topological polar surface area (TPSA) is 69.8 Å². The highest BCUT2D eigenvalue weighted by atomic mass is 32.2. The van der Waals surface area contributed by atoms with Crippen molar-refractivity contribution in [3.8, 4) is 6.07 Å². The molecule has 162 valence electrons. The summed E-state index contributed by atoms with van der Waals surface area (Å²) in [7, 11) is 0. The van der Waals surface area contributed by atoms with Gasteiger partial charge in [0.05, 0.1) is 22.2 Å². The lowest BCUT2D eigenvalue weighted by Crippen LogP contribution is -2.31. The van der Waals surface area contributed by atoms with Crippen molar-refractivity contribution in [3.63, 3.8) is 0 Å². The molecular weight excluding hydrogens is 435 g/mol. The Balaban J connectivity index is 1.45. The van der Waals surface area contributed by atoms with Gasteiger partial charge < -0.3 is 15.2 Å². The molecule has 33 heavy (non-hydrogen) atoms. The molecule has 1 aliphatic rings. The highest BCUT2D eigenvalue weighted by molar-refractivity contribution is 8.05. The van der Waals surface area contributed by atoms with Crippen LogP contribution < -0.4 is 10.6 Å². The number of nitrogens with zero attached hydrogens (tertiary/aromatic N) is 2. The molecule has 0 radical (unpaired) electrons. The van der Waals surface area contributed by atoms with Crippen molar-refractivity contribution in [2.45, 2.75) is 12.0 Å². The summed E-state index contributed by atoms with van der Waals surface area (Å²) in [5.74, 6) is -0.578. The zero-order chi connectivity index (χ0) is 22.8. The molecule has 4 aromatic rings. The van der Waals surface area contributed by atoms with Crippen LogP contribution in [0.4, 0.5) is 10.1 Å². The fourth-order valence-corrected chi connectivity index (χ4v) is 4.86. The van der Waals surface area contributed by atoms with Crippen LogP contribution in [-0.4, -0.2) is 16.0 Å². The second-order valence-corrected chi connectivity index (χ2v) is 8.75. The van der Waals surface area contributed by atoms with Crippen molar-refractivity contribution in [3.05, 3.63) is 106 Å². The summed E-state index contributed by atoms with van der Waals surface area (Å²) >= 11 is 1.32. The van der Waals surface area contributed by atoms with Gasteiger partial charge in [0.15, 0.2) is 5.50 Å². The Labute approximate surface area is 194 Å². The normalized spacial score (nSPS) is 16.7. The average molecular weight is 455 g/mol. The first kappa shape index (κ1) is 20.9. The molecule has 5 rings (SSSR count). The van der Waals surface area contributed by atoms with Gasteiger partial charge in [0.1, 0.15) is 5.82 Å². The van der Waals surface area contributed by atoms with Gasteiger partial charge in [-0.25, -0.2) is 4.39 Å². The van der Waals surface area contributed by atoms with Crippen LogP contribution in [0.1, 0.15) is 16.7 Å². The number of para-hydroxylation sites is 2. The van der Waals surface area contributed by atoms with E-state index in [0.29, 0.717) is 22.7 Å². The summed E-state index contributed by atoms with van der Waals surface area (Å²) in [6.07, 6.45) is 3.86. The Morgan fingerprint density at radius 3 is 2.70 bits per heavy atom. The number of rotatable bonds is 5. The van der Waals surface area contributed by atoms with Gasteiger partial charge in [-0.3, -0.25) is 4.79 Å². The van der Waals surface area contributed by atoms with Crippen LogP contribution in [0.25, 0.3) is 17.0 Å². The standard InChI is InChI=1S/C26H19FN4OS/c27-21-10-4-5-11-22(21)29-26-30-25(32)24(33-26)13-19-16-31(23-12-6-3-9-20(19)23)15-18-8-2-1-7-17(18)14-28/h1-13,16,26,29H,15H2,(H,30,32)/b24-13-. The van der Waals surface area contributed by atoms with E-state index in [9.17, 15) is 14.4 Å². The highest BCUT2D eigenvalue weighted by Crippen LogP contribution is 2.33. The van der Waals surface area contributed by atoms with E-state index >= 15 is 0 Å². The fourth-order valence-electron chi connectivity index (χ4n) is 3.90. The third kappa shape index (κ3) is 4.21. The van der Waals surface area contributed by atoms with Crippen molar-refractivity contribution in [2.75, 3.05) is 5.32 Å². The Kier molecular flexibility index (Phi) is 5.59. The lowest BCUT2D eigenvalue weighted by Gasteiger charge is -2.12. The van der Waals surface area contributed by atoms with Crippen molar-refractivity contribution in [1.29, 1.82) is 5.26 Å². The number of thioether (sulfide) groups is 1. The third-order valence-electron chi connectivity index (χ3n) is 5.48. The molecule has 5 nitrogen and oxygen atoms in total. The lowest BCUT2D eigenvalue weighted by molar-refractivity contribution is -0.116. The second kappa shape index (κ2) is 8.85. The molecule has 0 bridgehead atoms. The Morgan fingerprint density at radius 1 is 1.09 bits per heavy atom. The van der Waals surface area contributed by atoms with Crippen molar-refractivity contribution in [1.82, 2.24) is 9.88 Å². The number of carbonyl (C=O) groups excluding carboxylic acids is 1. The van der Waals surface area contributed by atoms with E-state index in [1.807, 2.05) is 60.8 Å². The zero-order valence-corrected chi connectivity index (χ0v) is 18.3. The Bertz CT molecular complexity index is 1440. The molecule has 7 heteroatoms. The number of halogens is 1. The Hall–Kier alpha value is -4.02. The van der Waals surface area contributed by atoms with Crippen LogP contribution in [0.15, 0.2) is 83.9 Å². The summed E-state index contributed by atoms with van der Waals surface area (Å²) in [4.78, 5) is 13.2. The van der Waals surface area contributed by atoms with Gasteiger partial charge >= 0.3 is 0 Å². The predicted octanol–water partition coefficient (Wildman–Crippen LogP) is 5.30. The summed E-state index contributed by atoms with van der Waals surface area (Å²) in [5.41, 5.74) is 3.37. The Morgan fingerprint density at radius 2 is 1.85 bits per heavy atom. The van der Waals surface area contributed by atoms with Gasteiger partial charge in [-0.1, -0.05) is 60.3 Å². The number of hydrogen-bond donors (Lipinski definition) is 2. The molecule has 1 aliphatic heterocycles. The minimum atomic E-state index is -0.462. The van der Waals surface area contributed by atoms with Crippen LogP contribution in [0.3, 0.4) is 0 Å². The minimum Gasteiger partial charge on any atom is -0.354 e. The SMILES string of the molecule is N#Cc1ccccc1Cn1cc(/C=C2\SC(Nc3ccccc3F)NC2=O)c2ccccc21. The van der Waals surface area contributed by atoms with Gasteiger partial charge in [0, 0.05) is 29.2 Å². The summed E-state index contributed by atoms with van der Waals surface area (Å²) in [6.45, 7) is 0.546. The first-order chi connectivity index (χ1) is 16.1. The highest BCUT2D eigenvalue weighted by Gasteiger charge is 2.28. The van der Waals surface area contributed by atoms with E-state index in [-0.39, 0.29) is 11.7 Å². The number of carbonyl (C=O) groups is 1. The van der Waals surface area contributed by atoms with E-state index in [4.69, 9.17) is 0 Å². The minimum absolute atomic E-state index is 0.208. The van der Waals surface area contributed by atoms with Crippen LogP contribution in [0, 0.1) is 17.1 Å². The maximum Gasteiger partial charge on any atom is 0.260 e. The number of nitriles is 1. The number of fused-ring (bicyclic) bond motifs is 1. The largest absolute Gasteiger partial charge is 0.354 e. The molecular formula is C26H19FN4OS. The van der Waals surface area contributed by atoms with Gasteiger partial charge in [0.25, 0.3) is 5.91 Å². The molecule has 1 saturated heterocycles. The third-order valence-corrected chi connectivity index (χ3v) is 6.50. The number of hydrogen-bond acceptors (Lipinski definition) is 4. The van der Waals surface area contributed by atoms with Crippen molar-refractivity contribution >= 4 is 40.3 Å². The maximum atomic E-state index is 14.0. The number of benzene rings is 3. The molecule has 0 spiro atoms. The number of aromatic nitrogens is 1. The molecule has 0 saturated carbocycles. The van der Waals surface area contributed by atoms with E-state index in [2.05, 4.69) is 21.3 Å². The second-order valence-electron chi connectivity index (χ2n) is 7.60. The van der Waals surface area contributed by atoms with Gasteiger partial charge in [0.2, 0.25) is 0 Å². The summed E-state index contributed by atoms with van der Waals surface area (Å²) in [5, 5.41) is 16.3. The molecule has 2 heterocycles. The monoisotopic (exact) mass is 454 g/mol. The average Bonchev–Trinajstić information content (AvgIpc) is 3.35. The maximum absolute atomic E-state index is 14.0. The number of nitrogens with one attached hydrogen (secondary N) is 2. The number of anilines is 1. The first-order valence-electron chi connectivity index (χ1n) is 10.4. The molecule has 0 aliphatic carbocycles. The van der Waals surface area contributed by atoms with Crippen LogP contribution in [0.2, 0.25) is 0 Å². The molecule has 3 aromatic carbocycles. The van der Waals surface area contributed by atoms with Crippen LogP contribution >= 0.6 is 11.8 Å².